The van der Waals surface area contributed by atoms with Crippen LogP contribution in [0.2, 0.25) is 0 Å². The van der Waals surface area contributed by atoms with Gasteiger partial charge in [0.05, 0.1) is 30.4 Å². The van der Waals surface area contributed by atoms with Gasteiger partial charge in [0.15, 0.2) is 0 Å². The summed E-state index contributed by atoms with van der Waals surface area (Å²) in [5, 5.41) is 8.97. The fourth-order valence-corrected chi connectivity index (χ4v) is 13.7. The van der Waals surface area contributed by atoms with E-state index in [1.54, 1.807) is 22.7 Å². The highest BCUT2D eigenvalue weighted by Gasteiger charge is 2.55. The SMILES string of the molecule is O=C(NCCCc1nc2cc3sc(CCCNC(=O)C45CC6CC(CC(C6)C4)C5)nc3cc2s1)C12CC3CC(CC(C3)C1)C2. The van der Waals surface area contributed by atoms with Crippen LogP contribution in [0, 0.1) is 46.3 Å². The van der Waals surface area contributed by atoms with E-state index in [1.807, 2.05) is 0 Å². The summed E-state index contributed by atoms with van der Waals surface area (Å²) in [6, 6.07) is 4.41. The quantitative estimate of drug-likeness (QED) is 0.228. The smallest absolute Gasteiger partial charge is 0.226 e. The van der Waals surface area contributed by atoms with Gasteiger partial charge in [0.25, 0.3) is 0 Å². The van der Waals surface area contributed by atoms with Crippen molar-refractivity contribution in [2.45, 2.75) is 103 Å². The van der Waals surface area contributed by atoms with E-state index >= 15 is 0 Å². The van der Waals surface area contributed by atoms with E-state index in [1.165, 1.54) is 47.9 Å². The molecule has 8 bridgehead atoms. The molecule has 8 aliphatic carbocycles. The molecule has 0 radical (unpaired) electrons. The zero-order chi connectivity index (χ0) is 29.5. The monoisotopic (exact) mass is 630 g/mol. The summed E-state index contributed by atoms with van der Waals surface area (Å²) in [5.41, 5.74) is 2.02. The highest BCUT2D eigenvalue weighted by Crippen LogP contribution is 2.61. The Morgan fingerprint density at radius 1 is 0.614 bits per heavy atom. The molecule has 8 heteroatoms. The van der Waals surface area contributed by atoms with Crippen LogP contribution in [0.5, 0.6) is 0 Å². The van der Waals surface area contributed by atoms with Gasteiger partial charge in [-0.15, -0.1) is 22.7 Å². The first-order valence-corrected chi connectivity index (χ1v) is 19.3. The summed E-state index contributed by atoms with van der Waals surface area (Å²) in [6.45, 7) is 1.50. The molecule has 0 atom stereocenters. The minimum absolute atomic E-state index is 0.0514. The Kier molecular flexibility index (Phi) is 6.89. The minimum atomic E-state index is -0.0514. The lowest BCUT2D eigenvalue weighted by Crippen LogP contribution is -2.53. The summed E-state index contributed by atoms with van der Waals surface area (Å²) >= 11 is 3.54. The molecule has 11 rings (SSSR count). The van der Waals surface area contributed by atoms with Crippen LogP contribution in [0.1, 0.15) is 99.9 Å². The first-order valence-electron chi connectivity index (χ1n) is 17.7. The van der Waals surface area contributed by atoms with Gasteiger partial charge in [-0.1, -0.05) is 0 Å². The Bertz CT molecular complexity index is 1370. The minimum Gasteiger partial charge on any atom is -0.356 e. The molecule has 0 spiro atoms. The average molecular weight is 631 g/mol. The fraction of sp³-hybridized carbons (Fsp3) is 0.722. The second kappa shape index (κ2) is 10.8. The van der Waals surface area contributed by atoms with E-state index in [0.717, 1.165) is 134 Å². The van der Waals surface area contributed by atoms with Crippen LogP contribution in [-0.4, -0.2) is 34.9 Å². The molecule has 0 aliphatic heterocycles. The van der Waals surface area contributed by atoms with Crippen molar-refractivity contribution < 1.29 is 9.59 Å². The van der Waals surface area contributed by atoms with E-state index in [9.17, 15) is 9.59 Å². The number of aryl methyl sites for hydroxylation is 2. The summed E-state index contributed by atoms with van der Waals surface area (Å²) in [6.07, 6.45) is 18.7. The van der Waals surface area contributed by atoms with Crippen molar-refractivity contribution in [2.24, 2.45) is 46.3 Å². The van der Waals surface area contributed by atoms with E-state index in [2.05, 4.69) is 22.8 Å². The number of thiazole rings is 2. The maximum atomic E-state index is 13.3. The normalized spacial score (nSPS) is 36.5. The molecule has 8 saturated carbocycles. The molecule has 44 heavy (non-hydrogen) atoms. The number of carbonyl (C=O) groups is 2. The van der Waals surface area contributed by atoms with Crippen molar-refractivity contribution in [1.29, 1.82) is 0 Å². The number of rotatable bonds is 10. The molecule has 8 fully saturated rings. The first-order chi connectivity index (χ1) is 21.4. The number of amides is 2. The maximum absolute atomic E-state index is 13.3. The molecule has 2 aromatic heterocycles. The molecule has 2 N–H and O–H groups in total. The number of hydrogen-bond acceptors (Lipinski definition) is 6. The van der Waals surface area contributed by atoms with Crippen molar-refractivity contribution in [3.63, 3.8) is 0 Å². The number of fused-ring (bicyclic) bond motifs is 2. The van der Waals surface area contributed by atoms with Gasteiger partial charge in [0.1, 0.15) is 0 Å². The largest absolute Gasteiger partial charge is 0.356 e. The van der Waals surface area contributed by atoms with E-state index < -0.39 is 0 Å². The lowest BCUT2D eigenvalue weighted by atomic mass is 9.49. The summed E-state index contributed by atoms with van der Waals surface area (Å²) in [5.74, 6) is 5.51. The van der Waals surface area contributed by atoms with Gasteiger partial charge in [-0.25, -0.2) is 9.97 Å². The van der Waals surface area contributed by atoms with Gasteiger partial charge in [0.2, 0.25) is 11.8 Å². The van der Waals surface area contributed by atoms with Gasteiger partial charge in [-0.3, -0.25) is 9.59 Å². The number of aromatic nitrogens is 2. The number of hydrogen-bond donors (Lipinski definition) is 2. The molecule has 2 heterocycles. The van der Waals surface area contributed by atoms with Gasteiger partial charge < -0.3 is 10.6 Å². The molecule has 3 aromatic rings. The summed E-state index contributed by atoms with van der Waals surface area (Å²) in [7, 11) is 0. The Morgan fingerprint density at radius 3 is 1.30 bits per heavy atom. The van der Waals surface area contributed by atoms with Crippen molar-refractivity contribution >= 4 is 54.9 Å². The summed E-state index contributed by atoms with van der Waals surface area (Å²) < 4.78 is 2.40. The topological polar surface area (TPSA) is 84.0 Å². The lowest BCUT2D eigenvalue weighted by Gasteiger charge is -2.55. The number of nitrogens with one attached hydrogen (secondary N) is 2. The zero-order valence-corrected chi connectivity index (χ0v) is 27.5. The second-order valence-corrected chi connectivity index (χ2v) is 18.3. The molecule has 8 aliphatic rings. The second-order valence-electron chi connectivity index (χ2n) is 16.1. The maximum Gasteiger partial charge on any atom is 0.226 e. The molecule has 0 unspecified atom stereocenters. The Labute approximate surface area is 268 Å². The number of nitrogens with zero attached hydrogens (tertiary/aromatic N) is 2. The molecule has 6 nitrogen and oxygen atoms in total. The molecular formula is C36H46N4O2S2. The predicted molar refractivity (Wildman–Crippen MR) is 177 cm³/mol. The fourth-order valence-electron chi connectivity index (χ4n) is 11.7. The van der Waals surface area contributed by atoms with E-state index in [0.29, 0.717) is 11.8 Å². The van der Waals surface area contributed by atoms with Crippen molar-refractivity contribution in [3.8, 4) is 0 Å². The lowest BCUT2D eigenvalue weighted by molar-refractivity contribution is -0.146. The number of benzene rings is 1. The van der Waals surface area contributed by atoms with Gasteiger partial charge >= 0.3 is 0 Å². The Balaban J connectivity index is 0.757. The predicted octanol–water partition coefficient (Wildman–Crippen LogP) is 7.44. The van der Waals surface area contributed by atoms with Crippen LogP contribution < -0.4 is 10.6 Å². The third-order valence-corrected chi connectivity index (χ3v) is 14.9. The number of carbonyl (C=O) groups excluding carboxylic acids is 2. The Hall–Kier alpha value is -2.06. The van der Waals surface area contributed by atoms with Gasteiger partial charge in [0, 0.05) is 36.8 Å². The zero-order valence-electron chi connectivity index (χ0n) is 25.9. The molecular weight excluding hydrogens is 585 g/mol. The Morgan fingerprint density at radius 2 is 0.955 bits per heavy atom. The van der Waals surface area contributed by atoms with Crippen LogP contribution in [0.4, 0.5) is 0 Å². The van der Waals surface area contributed by atoms with Crippen molar-refractivity contribution in [3.05, 3.63) is 22.1 Å². The third kappa shape index (κ3) is 5.01. The standard InChI is InChI=1S/C36H46N4O2S2/c41-33(35-15-21-7-22(16-35)9-23(8-21)17-35)37-5-1-3-31-39-27-13-30-28(14-29(27)43-31)40-32(44-30)4-2-6-38-34(42)36-18-24-10-25(19-36)12-26(11-24)20-36/h13-14,21-26H,1-12,15-20H2,(H,37,41)(H,38,42). The highest BCUT2D eigenvalue weighted by molar-refractivity contribution is 7.20. The van der Waals surface area contributed by atoms with Crippen molar-refractivity contribution in [2.75, 3.05) is 13.1 Å². The first kappa shape index (κ1) is 28.2. The average Bonchev–Trinajstić information content (AvgIpc) is 3.56. The highest BCUT2D eigenvalue weighted by atomic mass is 32.1. The van der Waals surface area contributed by atoms with Gasteiger partial charge in [-0.2, -0.15) is 0 Å². The van der Waals surface area contributed by atoms with Crippen LogP contribution in [-0.2, 0) is 22.4 Å². The van der Waals surface area contributed by atoms with Crippen molar-refractivity contribution in [1.82, 2.24) is 20.6 Å². The van der Waals surface area contributed by atoms with Crippen LogP contribution >= 0.6 is 22.7 Å². The third-order valence-electron chi connectivity index (χ3n) is 12.7. The molecule has 0 saturated heterocycles. The van der Waals surface area contributed by atoms with E-state index in [4.69, 9.17) is 9.97 Å². The summed E-state index contributed by atoms with van der Waals surface area (Å²) in [4.78, 5) is 36.4. The van der Waals surface area contributed by atoms with E-state index in [-0.39, 0.29) is 10.8 Å². The van der Waals surface area contributed by atoms with Crippen LogP contribution in [0.25, 0.3) is 20.4 Å². The van der Waals surface area contributed by atoms with Crippen LogP contribution in [0.15, 0.2) is 12.1 Å². The van der Waals surface area contributed by atoms with Gasteiger partial charge in [-0.05, 0) is 138 Å². The molecule has 1 aromatic carbocycles. The molecule has 234 valence electrons. The molecule has 2 amide bonds. The van der Waals surface area contributed by atoms with Crippen LogP contribution in [0.3, 0.4) is 0 Å².